The molecule has 0 spiro atoms. The van der Waals surface area contributed by atoms with Crippen LogP contribution in [0.25, 0.3) is 0 Å². The lowest BCUT2D eigenvalue weighted by Gasteiger charge is -2.37. The predicted molar refractivity (Wildman–Crippen MR) is 268 cm³/mol. The number of hydrogen-bond donors (Lipinski definition) is 2. The number of thioether (sulfide) groups is 2. The van der Waals surface area contributed by atoms with Gasteiger partial charge in [-0.2, -0.15) is 0 Å². The van der Waals surface area contributed by atoms with Crippen LogP contribution in [-0.2, 0) is 24.6 Å². The topological polar surface area (TPSA) is 157 Å². The first-order valence-electron chi connectivity index (χ1n) is 21.6. The van der Waals surface area contributed by atoms with E-state index in [-0.39, 0.29) is 43.5 Å². The van der Waals surface area contributed by atoms with Gasteiger partial charge in [0.25, 0.3) is 11.8 Å². The summed E-state index contributed by atoms with van der Waals surface area (Å²) in [5, 5.41) is 8.39. The van der Waals surface area contributed by atoms with Crippen LogP contribution in [0.5, 0.6) is 0 Å². The molecule has 6 amide bonds. The third kappa shape index (κ3) is 10.4. The number of imide groups is 1. The van der Waals surface area contributed by atoms with E-state index in [0.29, 0.717) is 74.2 Å². The Bertz CT molecular complexity index is 2960. The average Bonchev–Trinajstić information content (AvgIpc) is 3.91. The van der Waals surface area contributed by atoms with Crippen LogP contribution < -0.4 is 25.3 Å². The summed E-state index contributed by atoms with van der Waals surface area (Å²) in [6.07, 6.45) is 3.51. The Hall–Kier alpha value is -6.98. The molecule has 0 atom stereocenters. The highest BCUT2D eigenvalue weighted by Gasteiger charge is 2.38. The van der Waals surface area contributed by atoms with Gasteiger partial charge >= 0.3 is 12.1 Å². The fourth-order valence-electron chi connectivity index (χ4n) is 7.70. The fourth-order valence-corrected chi connectivity index (χ4v) is 9.67. The van der Waals surface area contributed by atoms with Crippen LogP contribution in [0, 0.1) is 0 Å². The first-order valence-corrected chi connectivity index (χ1v) is 24.3. The minimum Gasteiger partial charge on any atom is -0.380 e. The zero-order valence-corrected chi connectivity index (χ0v) is 39.4. The van der Waals surface area contributed by atoms with Crippen molar-refractivity contribution in [3.63, 3.8) is 0 Å². The minimum atomic E-state index is -0.370. The van der Waals surface area contributed by atoms with Crippen molar-refractivity contribution in [3.05, 3.63) is 189 Å². The first-order chi connectivity index (χ1) is 33.2. The van der Waals surface area contributed by atoms with Crippen LogP contribution in [0.3, 0.4) is 0 Å². The molecule has 0 unspecified atom stereocenters. The SMILES string of the molecule is O=C1NCCN1c1nc(SCc2ccccc2)ncc1CNc1ccccc1Cl.O=C1c2ccccc2C(=O)N1CCN1C(=O)N(c2ccccc2Cl)Cc2cnc(SCc3ccccc3)nc21. The number of benzene rings is 5. The van der Waals surface area contributed by atoms with Crippen molar-refractivity contribution < 1.29 is 19.2 Å². The zero-order valence-electron chi connectivity index (χ0n) is 36.3. The molecule has 0 saturated carbocycles. The third-order valence-corrected chi connectivity index (χ3v) is 13.6. The van der Waals surface area contributed by atoms with Crippen molar-refractivity contribution in [2.75, 3.05) is 46.2 Å². The zero-order chi connectivity index (χ0) is 47.0. The number of rotatable bonds is 14. The Labute approximate surface area is 411 Å². The second-order valence-corrected chi connectivity index (χ2v) is 18.2. The van der Waals surface area contributed by atoms with Crippen LogP contribution >= 0.6 is 46.7 Å². The van der Waals surface area contributed by atoms with Crippen LogP contribution in [0.15, 0.2) is 156 Å². The molecule has 3 aliphatic heterocycles. The van der Waals surface area contributed by atoms with Crippen molar-refractivity contribution >= 4 is 93.6 Å². The van der Waals surface area contributed by atoms with Crippen molar-refractivity contribution in [2.24, 2.45) is 0 Å². The van der Waals surface area contributed by atoms with Crippen molar-refractivity contribution in [2.45, 2.75) is 34.9 Å². The molecule has 1 fully saturated rings. The van der Waals surface area contributed by atoms with Crippen LogP contribution in [0.4, 0.5) is 32.6 Å². The van der Waals surface area contributed by atoms with E-state index in [2.05, 4.69) is 32.7 Å². The Morgan fingerprint density at radius 1 is 0.603 bits per heavy atom. The average molecular weight is 982 g/mol. The summed E-state index contributed by atoms with van der Waals surface area (Å²) in [5.74, 6) is 1.79. The maximum Gasteiger partial charge on any atom is 0.330 e. The Morgan fingerprint density at radius 2 is 1.16 bits per heavy atom. The summed E-state index contributed by atoms with van der Waals surface area (Å²) in [6.45, 7) is 1.98. The van der Waals surface area contributed by atoms with Crippen LogP contribution in [-0.4, -0.2) is 74.9 Å². The van der Waals surface area contributed by atoms with Gasteiger partial charge in [-0.15, -0.1) is 0 Å². The highest BCUT2D eigenvalue weighted by Crippen LogP contribution is 2.36. The lowest BCUT2D eigenvalue weighted by Crippen LogP contribution is -2.51. The molecule has 10 rings (SSSR count). The van der Waals surface area contributed by atoms with E-state index in [4.69, 9.17) is 33.2 Å². The number of carbonyl (C=O) groups is 4. The standard InChI is InChI=1S/C29H22ClN5O3S.C21H20ClN5OS/c30-23-12-6-7-13-24(23)35-17-20-16-31-28(39-18-19-8-2-1-3-9-19)32-25(20)33(29(35)38)14-15-34-26(36)21-10-4-5-11-22(21)27(34)37;22-17-8-4-5-9-18(17)24-12-16-13-25-20(29-14-15-6-2-1-3-7-15)26-19(16)27-11-10-23-21(27)28/h1-13,16H,14-15,17-18H2;1-9,13,24H,10-12,14H2,(H,23,28). The maximum absolute atomic E-state index is 13.9. The molecule has 0 bridgehead atoms. The molecule has 2 N–H and O–H groups in total. The largest absolute Gasteiger partial charge is 0.380 e. The fraction of sp³-hybridized carbons (Fsp3) is 0.160. The van der Waals surface area contributed by atoms with Gasteiger partial charge < -0.3 is 10.6 Å². The number of nitrogens with zero attached hydrogens (tertiary/aromatic N) is 8. The van der Waals surface area contributed by atoms with E-state index in [1.54, 1.807) is 76.4 Å². The number of fused-ring (bicyclic) bond motifs is 2. The first kappa shape index (κ1) is 46.1. The third-order valence-electron chi connectivity index (χ3n) is 11.1. The van der Waals surface area contributed by atoms with E-state index in [1.807, 2.05) is 78.9 Å². The summed E-state index contributed by atoms with van der Waals surface area (Å²) in [6, 6.07) is 41.1. The molecule has 14 nitrogen and oxygen atoms in total. The Morgan fingerprint density at radius 3 is 1.78 bits per heavy atom. The number of hydrogen-bond acceptors (Lipinski definition) is 11. The molecule has 18 heteroatoms. The molecule has 2 aromatic heterocycles. The highest BCUT2D eigenvalue weighted by molar-refractivity contribution is 7.98. The van der Waals surface area contributed by atoms with Gasteiger partial charge in [0.05, 0.1) is 39.1 Å². The smallest absolute Gasteiger partial charge is 0.330 e. The number of aromatic nitrogens is 4. The van der Waals surface area contributed by atoms with Crippen molar-refractivity contribution in [3.8, 4) is 0 Å². The van der Waals surface area contributed by atoms with Crippen LogP contribution in [0.1, 0.15) is 43.0 Å². The number of amides is 6. The number of para-hydroxylation sites is 2. The van der Waals surface area contributed by atoms with E-state index in [0.717, 1.165) is 28.1 Å². The molecule has 7 aromatic rings. The number of nitrogens with one attached hydrogen (secondary N) is 2. The summed E-state index contributed by atoms with van der Waals surface area (Å²) in [5.41, 5.74) is 6.03. The molecule has 5 aromatic carbocycles. The minimum absolute atomic E-state index is 0.0182. The van der Waals surface area contributed by atoms with Gasteiger partial charge in [-0.3, -0.25) is 29.2 Å². The summed E-state index contributed by atoms with van der Waals surface area (Å²) >= 11 is 15.7. The monoisotopic (exact) mass is 980 g/mol. The molecule has 5 heterocycles. The summed E-state index contributed by atoms with van der Waals surface area (Å²) < 4.78 is 0. The van der Waals surface area contributed by atoms with E-state index >= 15 is 0 Å². The second-order valence-electron chi connectivity index (χ2n) is 15.5. The second kappa shape index (κ2) is 21.3. The number of urea groups is 2. The normalized spacial score (nSPS) is 14.1. The maximum atomic E-state index is 13.9. The van der Waals surface area contributed by atoms with Crippen molar-refractivity contribution in [1.29, 1.82) is 0 Å². The molecule has 0 aliphatic carbocycles. The summed E-state index contributed by atoms with van der Waals surface area (Å²) in [7, 11) is 0. The van der Waals surface area contributed by atoms with Gasteiger partial charge in [-0.1, -0.05) is 144 Å². The Balaban J connectivity index is 0.000000178. The highest BCUT2D eigenvalue weighted by atomic mass is 35.5. The predicted octanol–water partition coefficient (Wildman–Crippen LogP) is 10.2. The molecule has 342 valence electrons. The van der Waals surface area contributed by atoms with E-state index < -0.39 is 0 Å². The van der Waals surface area contributed by atoms with E-state index in [1.165, 1.54) is 27.1 Å². The van der Waals surface area contributed by atoms with Gasteiger partial charge in [0, 0.05) is 67.8 Å². The lowest BCUT2D eigenvalue weighted by molar-refractivity contribution is 0.0658. The van der Waals surface area contributed by atoms with Gasteiger partial charge in [0.2, 0.25) is 0 Å². The molecular formula is C50H42Cl2N10O4S2. The summed E-state index contributed by atoms with van der Waals surface area (Å²) in [4.78, 5) is 76.4. The van der Waals surface area contributed by atoms with Gasteiger partial charge in [0.1, 0.15) is 11.6 Å². The molecule has 1 saturated heterocycles. The molecule has 3 aliphatic rings. The van der Waals surface area contributed by atoms with Crippen molar-refractivity contribution in [1.82, 2.24) is 30.2 Å². The van der Waals surface area contributed by atoms with Gasteiger partial charge in [-0.05, 0) is 47.5 Å². The molecule has 0 radical (unpaired) electrons. The van der Waals surface area contributed by atoms with Gasteiger partial charge in [0.15, 0.2) is 10.3 Å². The van der Waals surface area contributed by atoms with E-state index in [9.17, 15) is 19.2 Å². The van der Waals surface area contributed by atoms with Gasteiger partial charge in [-0.25, -0.2) is 29.5 Å². The number of halogens is 2. The molecule has 68 heavy (non-hydrogen) atoms. The van der Waals surface area contributed by atoms with Crippen LogP contribution in [0.2, 0.25) is 10.0 Å². The molecular weight excluding hydrogens is 940 g/mol. The quantitative estimate of drug-likeness (QED) is 0.0607. The number of carbonyl (C=O) groups excluding carboxylic acids is 4. The Kier molecular flexibility index (Phi) is 14.5. The number of anilines is 4. The lowest BCUT2D eigenvalue weighted by atomic mass is 10.1.